The second kappa shape index (κ2) is 8.01. The minimum atomic E-state index is 0.262. The van der Waals surface area contributed by atoms with Crippen LogP contribution in [0.1, 0.15) is 30.9 Å². The molecule has 0 saturated heterocycles. The molecule has 0 unspecified atom stereocenters. The first-order valence-electron chi connectivity index (χ1n) is 8.83. The zero-order chi connectivity index (χ0) is 17.5. The van der Waals surface area contributed by atoms with Gasteiger partial charge in [-0.1, -0.05) is 30.3 Å². The van der Waals surface area contributed by atoms with Gasteiger partial charge >= 0.3 is 0 Å². The van der Waals surface area contributed by atoms with E-state index in [0.29, 0.717) is 19.0 Å². The van der Waals surface area contributed by atoms with Crippen LogP contribution in [0.25, 0.3) is 0 Å². The molecule has 1 aliphatic rings. The summed E-state index contributed by atoms with van der Waals surface area (Å²) in [7, 11) is 1.80. The van der Waals surface area contributed by atoms with Gasteiger partial charge in [-0.05, 0) is 37.0 Å². The first kappa shape index (κ1) is 17.3. The summed E-state index contributed by atoms with van der Waals surface area (Å²) in [6.45, 7) is 4.16. The maximum absolute atomic E-state index is 5.44. The van der Waals surface area contributed by atoms with Crippen molar-refractivity contribution in [3.63, 3.8) is 0 Å². The van der Waals surface area contributed by atoms with Gasteiger partial charge in [-0.15, -0.1) is 0 Å². The molecule has 0 radical (unpaired) electrons. The van der Waals surface area contributed by atoms with Gasteiger partial charge in [-0.2, -0.15) is 0 Å². The van der Waals surface area contributed by atoms with Crippen LogP contribution in [0.15, 0.2) is 53.7 Å². The van der Waals surface area contributed by atoms with Crippen LogP contribution in [0.5, 0.6) is 5.88 Å². The van der Waals surface area contributed by atoms with Crippen LogP contribution in [-0.4, -0.2) is 31.1 Å². The lowest BCUT2D eigenvalue weighted by atomic mass is 9.96. The third kappa shape index (κ3) is 4.50. The average molecular weight is 338 g/mol. The molecular formula is C20H26N4O. The molecule has 1 saturated carbocycles. The predicted molar refractivity (Wildman–Crippen MR) is 101 cm³/mol. The van der Waals surface area contributed by atoms with E-state index in [1.165, 1.54) is 18.4 Å². The standard InChI is InChI=1S/C20H26N4O/c1-3-25-18-13-16(9-12-22-18)14-23-19(21-2)24-15-20(10-11-20)17-7-5-4-6-8-17/h4-9,12-13H,3,10-11,14-15H2,1-2H3,(H2,21,23,24). The molecular weight excluding hydrogens is 312 g/mol. The first-order valence-corrected chi connectivity index (χ1v) is 8.83. The normalized spacial score (nSPS) is 15.5. The van der Waals surface area contributed by atoms with Crippen molar-refractivity contribution in [2.45, 2.75) is 31.7 Å². The van der Waals surface area contributed by atoms with E-state index < -0.39 is 0 Å². The van der Waals surface area contributed by atoms with Crippen molar-refractivity contribution in [3.8, 4) is 5.88 Å². The number of benzene rings is 1. The summed E-state index contributed by atoms with van der Waals surface area (Å²) in [5.74, 6) is 1.47. The summed E-state index contributed by atoms with van der Waals surface area (Å²) in [5.41, 5.74) is 2.79. The van der Waals surface area contributed by atoms with Crippen LogP contribution in [0, 0.1) is 0 Å². The van der Waals surface area contributed by atoms with Gasteiger partial charge in [0.15, 0.2) is 5.96 Å². The van der Waals surface area contributed by atoms with E-state index in [4.69, 9.17) is 4.74 Å². The summed E-state index contributed by atoms with van der Waals surface area (Å²) in [4.78, 5) is 8.52. The van der Waals surface area contributed by atoms with E-state index in [0.717, 1.165) is 18.1 Å². The maximum atomic E-state index is 5.44. The van der Waals surface area contributed by atoms with Crippen molar-refractivity contribution in [2.24, 2.45) is 4.99 Å². The summed E-state index contributed by atoms with van der Waals surface area (Å²) in [6, 6.07) is 14.7. The molecule has 1 heterocycles. The zero-order valence-corrected chi connectivity index (χ0v) is 15.0. The van der Waals surface area contributed by atoms with Gasteiger partial charge in [0.2, 0.25) is 5.88 Å². The van der Waals surface area contributed by atoms with Crippen molar-refractivity contribution in [3.05, 3.63) is 59.8 Å². The van der Waals surface area contributed by atoms with Crippen molar-refractivity contribution >= 4 is 5.96 Å². The van der Waals surface area contributed by atoms with E-state index in [9.17, 15) is 0 Å². The Hall–Kier alpha value is -2.56. The van der Waals surface area contributed by atoms with Crippen molar-refractivity contribution in [2.75, 3.05) is 20.2 Å². The monoisotopic (exact) mass is 338 g/mol. The Kier molecular flexibility index (Phi) is 5.53. The molecule has 0 aliphatic heterocycles. The predicted octanol–water partition coefficient (Wildman–Crippen LogP) is 2.88. The highest BCUT2D eigenvalue weighted by Gasteiger charge is 2.43. The quantitative estimate of drug-likeness (QED) is 0.602. The third-order valence-electron chi connectivity index (χ3n) is 4.61. The number of aromatic nitrogens is 1. The molecule has 0 spiro atoms. The average Bonchev–Trinajstić information content (AvgIpc) is 3.44. The molecule has 5 nitrogen and oxygen atoms in total. The number of pyridine rings is 1. The Balaban J connectivity index is 1.53. The fraction of sp³-hybridized carbons (Fsp3) is 0.400. The Morgan fingerprint density at radius 2 is 2.00 bits per heavy atom. The molecule has 1 aromatic carbocycles. The Morgan fingerprint density at radius 1 is 1.20 bits per heavy atom. The zero-order valence-electron chi connectivity index (χ0n) is 15.0. The number of aliphatic imine (C=N–C) groups is 1. The molecule has 0 atom stereocenters. The lowest BCUT2D eigenvalue weighted by Gasteiger charge is -2.19. The maximum Gasteiger partial charge on any atom is 0.213 e. The number of nitrogens with zero attached hydrogens (tertiary/aromatic N) is 2. The highest BCUT2D eigenvalue weighted by Crippen LogP contribution is 2.47. The summed E-state index contributed by atoms with van der Waals surface area (Å²) in [5, 5.41) is 6.84. The van der Waals surface area contributed by atoms with Crippen LogP contribution < -0.4 is 15.4 Å². The molecule has 3 rings (SSSR count). The molecule has 0 amide bonds. The van der Waals surface area contributed by atoms with E-state index in [1.807, 2.05) is 19.1 Å². The smallest absolute Gasteiger partial charge is 0.213 e. The van der Waals surface area contributed by atoms with Gasteiger partial charge in [0.05, 0.1) is 6.61 Å². The molecule has 2 N–H and O–H groups in total. The Labute approximate surface area is 149 Å². The first-order chi connectivity index (χ1) is 12.3. The second-order valence-electron chi connectivity index (χ2n) is 6.36. The van der Waals surface area contributed by atoms with Gasteiger partial charge in [-0.3, -0.25) is 4.99 Å². The highest BCUT2D eigenvalue weighted by molar-refractivity contribution is 5.79. The fourth-order valence-corrected chi connectivity index (χ4v) is 2.96. The van der Waals surface area contributed by atoms with E-state index in [1.54, 1.807) is 13.2 Å². The lowest BCUT2D eigenvalue weighted by molar-refractivity contribution is 0.326. The fourth-order valence-electron chi connectivity index (χ4n) is 2.96. The van der Waals surface area contributed by atoms with Crippen molar-refractivity contribution in [1.82, 2.24) is 15.6 Å². The number of nitrogens with one attached hydrogen (secondary N) is 2. The van der Waals surface area contributed by atoms with Crippen LogP contribution in [0.4, 0.5) is 0 Å². The summed E-state index contributed by atoms with van der Waals surface area (Å²) in [6.07, 6.45) is 4.22. The molecule has 5 heteroatoms. The van der Waals surface area contributed by atoms with Gasteiger partial charge in [0.1, 0.15) is 0 Å². The molecule has 1 fully saturated rings. The Morgan fingerprint density at radius 3 is 2.68 bits per heavy atom. The molecule has 25 heavy (non-hydrogen) atoms. The molecule has 1 aliphatic carbocycles. The van der Waals surface area contributed by atoms with E-state index >= 15 is 0 Å². The summed E-state index contributed by atoms with van der Waals surface area (Å²) >= 11 is 0. The van der Waals surface area contributed by atoms with Gasteiger partial charge in [0.25, 0.3) is 0 Å². The third-order valence-corrected chi connectivity index (χ3v) is 4.61. The molecule has 2 aromatic rings. The van der Waals surface area contributed by atoms with Crippen molar-refractivity contribution in [1.29, 1.82) is 0 Å². The van der Waals surface area contributed by atoms with Gasteiger partial charge in [-0.25, -0.2) is 4.98 Å². The van der Waals surface area contributed by atoms with Crippen molar-refractivity contribution < 1.29 is 4.74 Å². The van der Waals surface area contributed by atoms with Crippen LogP contribution in [0.2, 0.25) is 0 Å². The number of guanidine groups is 1. The largest absolute Gasteiger partial charge is 0.478 e. The molecule has 0 bridgehead atoms. The van der Waals surface area contributed by atoms with Crippen LogP contribution in [-0.2, 0) is 12.0 Å². The Bertz CT molecular complexity index is 711. The van der Waals surface area contributed by atoms with Gasteiger partial charge in [0, 0.05) is 37.8 Å². The SMILES string of the molecule is CCOc1cc(CNC(=NC)NCC2(c3ccccc3)CC2)ccn1. The molecule has 1 aromatic heterocycles. The lowest BCUT2D eigenvalue weighted by Crippen LogP contribution is -2.40. The number of rotatable bonds is 7. The number of hydrogen-bond donors (Lipinski definition) is 2. The minimum absolute atomic E-state index is 0.262. The highest BCUT2D eigenvalue weighted by atomic mass is 16.5. The van der Waals surface area contributed by atoms with E-state index in [-0.39, 0.29) is 5.41 Å². The van der Waals surface area contributed by atoms with Crippen LogP contribution in [0.3, 0.4) is 0 Å². The summed E-state index contributed by atoms with van der Waals surface area (Å²) < 4.78 is 5.44. The topological polar surface area (TPSA) is 58.5 Å². The van der Waals surface area contributed by atoms with Crippen LogP contribution >= 0.6 is 0 Å². The van der Waals surface area contributed by atoms with E-state index in [2.05, 4.69) is 50.9 Å². The number of ether oxygens (including phenoxy) is 1. The van der Waals surface area contributed by atoms with Gasteiger partial charge < -0.3 is 15.4 Å². The molecule has 132 valence electrons. The second-order valence-corrected chi connectivity index (χ2v) is 6.36. The minimum Gasteiger partial charge on any atom is -0.478 e. The number of hydrogen-bond acceptors (Lipinski definition) is 3.